The second-order valence-electron chi connectivity index (χ2n) is 5.26. The molecule has 0 fully saturated rings. The Kier molecular flexibility index (Phi) is 5.04. The first kappa shape index (κ1) is 15.2. The average Bonchev–Trinajstić information content (AvgIpc) is 2.98. The first-order valence-electron chi connectivity index (χ1n) is 7.06. The van der Waals surface area contributed by atoms with Gasteiger partial charge in [-0.2, -0.15) is 0 Å². The lowest BCUT2D eigenvalue weighted by Gasteiger charge is -2.13. The summed E-state index contributed by atoms with van der Waals surface area (Å²) in [6.45, 7) is 4.64. The van der Waals surface area contributed by atoms with Crippen LogP contribution in [0.1, 0.15) is 36.7 Å². The number of amides is 1. The molecule has 1 aromatic carbocycles. The van der Waals surface area contributed by atoms with E-state index in [1.165, 1.54) is 0 Å². The highest BCUT2D eigenvalue weighted by Gasteiger charge is 2.10. The summed E-state index contributed by atoms with van der Waals surface area (Å²) in [5.41, 5.74) is 2.10. The molecule has 0 spiro atoms. The molecule has 0 atom stereocenters. The van der Waals surface area contributed by atoms with Gasteiger partial charge in [-0.3, -0.25) is 4.79 Å². The zero-order valence-corrected chi connectivity index (χ0v) is 12.7. The van der Waals surface area contributed by atoms with Gasteiger partial charge in [-0.1, -0.05) is 26.0 Å². The van der Waals surface area contributed by atoms with Crippen molar-refractivity contribution < 1.29 is 13.9 Å². The van der Waals surface area contributed by atoms with Gasteiger partial charge in [-0.25, -0.2) is 0 Å². The molecule has 0 aliphatic rings. The van der Waals surface area contributed by atoms with Crippen molar-refractivity contribution in [2.75, 3.05) is 7.11 Å². The molecule has 0 saturated carbocycles. The molecule has 4 heteroatoms. The van der Waals surface area contributed by atoms with Crippen LogP contribution in [0.25, 0.3) is 0 Å². The molecule has 4 nitrogen and oxygen atoms in total. The summed E-state index contributed by atoms with van der Waals surface area (Å²) < 4.78 is 10.5. The molecular formula is C17H21NO3. The van der Waals surface area contributed by atoms with E-state index in [1.807, 2.05) is 24.3 Å². The van der Waals surface area contributed by atoms with Gasteiger partial charge in [0.15, 0.2) is 0 Å². The summed E-state index contributed by atoms with van der Waals surface area (Å²) in [6, 6.07) is 9.53. The Hall–Kier alpha value is -2.23. The first-order chi connectivity index (χ1) is 10.1. The van der Waals surface area contributed by atoms with E-state index < -0.39 is 0 Å². The van der Waals surface area contributed by atoms with Crippen LogP contribution in [-0.4, -0.2) is 13.0 Å². The molecule has 0 bridgehead atoms. The van der Waals surface area contributed by atoms with Crippen molar-refractivity contribution >= 4 is 5.91 Å². The van der Waals surface area contributed by atoms with Crippen molar-refractivity contribution in [1.29, 1.82) is 0 Å². The standard InChI is InChI=1S/C17H21NO3/c1-12(2)15-9-13(6-7-16(15)20-3)10-17(19)18-11-14-5-4-8-21-14/h4-9,12H,10-11H2,1-3H3,(H,18,19). The van der Waals surface area contributed by atoms with E-state index in [1.54, 1.807) is 19.4 Å². The molecular weight excluding hydrogens is 266 g/mol. The summed E-state index contributed by atoms with van der Waals surface area (Å²) in [5, 5.41) is 2.85. The van der Waals surface area contributed by atoms with Crippen LogP contribution in [0.4, 0.5) is 0 Å². The smallest absolute Gasteiger partial charge is 0.224 e. The molecule has 2 rings (SSSR count). The molecule has 1 aromatic heterocycles. The Morgan fingerprint density at radius 2 is 2.14 bits per heavy atom. The molecule has 0 aliphatic heterocycles. The van der Waals surface area contributed by atoms with Gasteiger partial charge < -0.3 is 14.5 Å². The van der Waals surface area contributed by atoms with Crippen LogP contribution in [0, 0.1) is 0 Å². The molecule has 21 heavy (non-hydrogen) atoms. The zero-order chi connectivity index (χ0) is 15.2. The highest BCUT2D eigenvalue weighted by molar-refractivity contribution is 5.78. The van der Waals surface area contributed by atoms with Gasteiger partial charge in [0.25, 0.3) is 0 Å². The number of rotatable bonds is 6. The number of carbonyl (C=O) groups excluding carboxylic acids is 1. The fourth-order valence-electron chi connectivity index (χ4n) is 2.19. The maximum Gasteiger partial charge on any atom is 0.224 e. The third-order valence-corrected chi connectivity index (χ3v) is 3.32. The van der Waals surface area contributed by atoms with Crippen LogP contribution in [0.15, 0.2) is 41.0 Å². The van der Waals surface area contributed by atoms with Crippen molar-refractivity contribution in [3.05, 3.63) is 53.5 Å². The van der Waals surface area contributed by atoms with Crippen LogP contribution >= 0.6 is 0 Å². The van der Waals surface area contributed by atoms with Gasteiger partial charge in [-0.05, 0) is 35.2 Å². The van der Waals surface area contributed by atoms with Crippen LogP contribution in [-0.2, 0) is 17.8 Å². The van der Waals surface area contributed by atoms with Gasteiger partial charge in [0.05, 0.1) is 26.3 Å². The summed E-state index contributed by atoms with van der Waals surface area (Å²) in [7, 11) is 1.66. The molecule has 0 radical (unpaired) electrons. The van der Waals surface area contributed by atoms with E-state index >= 15 is 0 Å². The molecule has 0 saturated heterocycles. The number of methoxy groups -OCH3 is 1. The maximum atomic E-state index is 12.0. The topological polar surface area (TPSA) is 51.5 Å². The number of furan rings is 1. The second-order valence-corrected chi connectivity index (χ2v) is 5.26. The van der Waals surface area contributed by atoms with Gasteiger partial charge in [0.2, 0.25) is 5.91 Å². The molecule has 0 aliphatic carbocycles. The lowest BCUT2D eigenvalue weighted by Crippen LogP contribution is -2.24. The van der Waals surface area contributed by atoms with Crippen molar-refractivity contribution in [3.8, 4) is 5.75 Å². The first-order valence-corrected chi connectivity index (χ1v) is 7.06. The van der Waals surface area contributed by atoms with E-state index in [0.717, 1.165) is 22.6 Å². The molecule has 0 unspecified atom stereocenters. The van der Waals surface area contributed by atoms with Crippen molar-refractivity contribution in [2.45, 2.75) is 32.7 Å². The Balaban J connectivity index is 1.98. The predicted molar refractivity (Wildman–Crippen MR) is 81.3 cm³/mol. The van der Waals surface area contributed by atoms with Crippen molar-refractivity contribution in [2.24, 2.45) is 0 Å². The molecule has 112 valence electrons. The highest BCUT2D eigenvalue weighted by Crippen LogP contribution is 2.27. The molecule has 2 aromatic rings. The quantitative estimate of drug-likeness (QED) is 0.887. The fraction of sp³-hybridized carbons (Fsp3) is 0.353. The number of carbonyl (C=O) groups is 1. The fourth-order valence-corrected chi connectivity index (χ4v) is 2.19. The summed E-state index contributed by atoms with van der Waals surface area (Å²) in [4.78, 5) is 12.0. The monoisotopic (exact) mass is 287 g/mol. The van der Waals surface area contributed by atoms with Crippen molar-refractivity contribution in [3.63, 3.8) is 0 Å². The Morgan fingerprint density at radius 1 is 1.33 bits per heavy atom. The normalized spacial score (nSPS) is 10.7. The number of ether oxygens (including phenoxy) is 1. The largest absolute Gasteiger partial charge is 0.496 e. The average molecular weight is 287 g/mol. The zero-order valence-electron chi connectivity index (χ0n) is 12.7. The number of benzene rings is 1. The van der Waals surface area contributed by atoms with Gasteiger partial charge >= 0.3 is 0 Å². The summed E-state index contributed by atoms with van der Waals surface area (Å²) in [6.07, 6.45) is 1.95. The Morgan fingerprint density at radius 3 is 2.76 bits per heavy atom. The minimum atomic E-state index is -0.0220. The number of nitrogens with one attached hydrogen (secondary N) is 1. The van der Waals surface area contributed by atoms with E-state index in [4.69, 9.17) is 9.15 Å². The minimum absolute atomic E-state index is 0.0220. The number of hydrogen-bond acceptors (Lipinski definition) is 3. The number of hydrogen-bond donors (Lipinski definition) is 1. The molecule has 1 heterocycles. The van der Waals surface area contributed by atoms with Crippen LogP contribution in [0.5, 0.6) is 5.75 Å². The minimum Gasteiger partial charge on any atom is -0.496 e. The third kappa shape index (κ3) is 4.12. The van der Waals surface area contributed by atoms with Gasteiger partial charge in [0.1, 0.15) is 11.5 Å². The lowest BCUT2D eigenvalue weighted by molar-refractivity contribution is -0.120. The Bertz CT molecular complexity index is 588. The highest BCUT2D eigenvalue weighted by atomic mass is 16.5. The predicted octanol–water partition coefficient (Wildman–Crippen LogP) is 3.27. The van der Waals surface area contributed by atoms with Gasteiger partial charge in [-0.15, -0.1) is 0 Å². The maximum absolute atomic E-state index is 12.0. The summed E-state index contributed by atoms with van der Waals surface area (Å²) in [5.74, 6) is 1.95. The van der Waals surface area contributed by atoms with Gasteiger partial charge in [0, 0.05) is 0 Å². The third-order valence-electron chi connectivity index (χ3n) is 3.32. The molecule has 1 N–H and O–H groups in total. The van der Waals surface area contributed by atoms with E-state index in [9.17, 15) is 4.79 Å². The summed E-state index contributed by atoms with van der Waals surface area (Å²) >= 11 is 0. The van der Waals surface area contributed by atoms with E-state index in [0.29, 0.717) is 18.9 Å². The van der Waals surface area contributed by atoms with E-state index in [-0.39, 0.29) is 5.91 Å². The van der Waals surface area contributed by atoms with Crippen LogP contribution < -0.4 is 10.1 Å². The van der Waals surface area contributed by atoms with Crippen molar-refractivity contribution in [1.82, 2.24) is 5.32 Å². The van der Waals surface area contributed by atoms with E-state index in [2.05, 4.69) is 19.2 Å². The SMILES string of the molecule is COc1ccc(CC(=O)NCc2ccco2)cc1C(C)C. The van der Waals surface area contributed by atoms with Crippen LogP contribution in [0.2, 0.25) is 0 Å². The molecule has 1 amide bonds. The Labute approximate surface area is 125 Å². The van der Waals surface area contributed by atoms with Crippen LogP contribution in [0.3, 0.4) is 0 Å². The lowest BCUT2D eigenvalue weighted by atomic mass is 9.98. The second kappa shape index (κ2) is 6.97.